The minimum absolute atomic E-state index is 0.0268. The van der Waals surface area contributed by atoms with Crippen molar-refractivity contribution < 1.29 is 14.0 Å². The molecule has 1 N–H and O–H groups in total. The van der Waals surface area contributed by atoms with Gasteiger partial charge in [-0.2, -0.15) is 0 Å². The summed E-state index contributed by atoms with van der Waals surface area (Å²) in [5.74, 6) is 0.404. The van der Waals surface area contributed by atoms with E-state index in [1.165, 1.54) is 0 Å². The Balaban J connectivity index is 5.12. The summed E-state index contributed by atoms with van der Waals surface area (Å²) in [6, 6.07) is 0. The van der Waals surface area contributed by atoms with Crippen LogP contribution in [0.1, 0.15) is 41.5 Å². The second-order valence-corrected chi connectivity index (χ2v) is 6.22. The molecule has 0 bridgehead atoms. The monoisotopic (exact) mass is 231 g/mol. The van der Waals surface area contributed by atoms with E-state index >= 15 is 0 Å². The summed E-state index contributed by atoms with van der Waals surface area (Å²) in [7, 11) is -2.62. The molecule has 0 heterocycles. The lowest BCUT2D eigenvalue weighted by Gasteiger charge is -2.15. The van der Waals surface area contributed by atoms with E-state index < -0.39 is 8.25 Å². The highest BCUT2D eigenvalue weighted by atomic mass is 31.1. The van der Waals surface area contributed by atoms with Crippen molar-refractivity contribution in [1.29, 1.82) is 0 Å². The van der Waals surface area contributed by atoms with Crippen LogP contribution >= 0.6 is 8.25 Å². The molecule has 0 saturated carbocycles. The van der Waals surface area contributed by atoms with Crippen LogP contribution in [0.4, 0.5) is 0 Å². The van der Waals surface area contributed by atoms with E-state index in [2.05, 4.69) is 5.73 Å². The van der Waals surface area contributed by atoms with Crippen molar-refractivity contribution in [3.8, 4) is 0 Å². The molecule has 0 amide bonds. The van der Waals surface area contributed by atoms with Crippen molar-refractivity contribution >= 4 is 8.25 Å². The van der Waals surface area contributed by atoms with Gasteiger partial charge in [0.1, 0.15) is 0 Å². The van der Waals surface area contributed by atoms with Gasteiger partial charge in [0.15, 0.2) is 0 Å². The first-order chi connectivity index (χ1) is 6.52. The Morgan fingerprint density at radius 1 is 1.27 bits per heavy atom. The van der Waals surface area contributed by atoms with Crippen LogP contribution in [0.5, 0.6) is 0 Å². The van der Waals surface area contributed by atoms with Gasteiger partial charge in [-0.15, -0.1) is 4.89 Å². The Bertz CT molecular complexity index is 299. The molecule has 0 fully saturated rings. The highest BCUT2D eigenvalue weighted by Crippen LogP contribution is 2.33. The van der Waals surface area contributed by atoms with Gasteiger partial charge in [0.2, 0.25) is 5.76 Å². The summed E-state index contributed by atoms with van der Waals surface area (Å²) < 4.78 is 15.5. The van der Waals surface area contributed by atoms with Crippen LogP contribution in [0.3, 0.4) is 0 Å². The zero-order valence-electron chi connectivity index (χ0n) is 10.3. The molecule has 0 aliphatic heterocycles. The van der Waals surface area contributed by atoms with Crippen LogP contribution in [-0.4, -0.2) is 4.89 Å². The average Bonchev–Trinajstić information content (AvgIpc) is 1.93. The smallest absolute Gasteiger partial charge is 0.225 e. The van der Waals surface area contributed by atoms with Gasteiger partial charge < -0.3 is 0 Å². The van der Waals surface area contributed by atoms with Gasteiger partial charge in [-0.25, -0.2) is 4.52 Å². The van der Waals surface area contributed by atoms with Crippen molar-refractivity contribution in [2.75, 3.05) is 0 Å². The van der Waals surface area contributed by atoms with Crippen molar-refractivity contribution in [1.82, 2.24) is 0 Å². The van der Waals surface area contributed by atoms with E-state index in [0.29, 0.717) is 5.76 Å². The molecule has 1 atom stereocenters. The molecule has 0 rings (SSSR count). The Labute approximate surface area is 92.8 Å². The first-order valence-electron chi connectivity index (χ1n) is 4.85. The van der Waals surface area contributed by atoms with E-state index in [9.17, 15) is 4.57 Å². The first kappa shape index (κ1) is 14.4. The predicted octanol–water partition coefficient (Wildman–Crippen LogP) is 3.78. The molecule has 1 unspecified atom stereocenters. The molecule has 86 valence electrons. The molecule has 15 heavy (non-hydrogen) atoms. The van der Waals surface area contributed by atoms with Gasteiger partial charge in [-0.1, -0.05) is 47.3 Å². The Morgan fingerprint density at radius 2 is 1.73 bits per heavy atom. The minimum Gasteiger partial charge on any atom is -0.225 e. The fourth-order valence-corrected chi connectivity index (χ4v) is 1.22. The molecule has 0 aliphatic rings. The van der Waals surface area contributed by atoms with E-state index in [-0.39, 0.29) is 10.8 Å². The lowest BCUT2D eigenvalue weighted by molar-refractivity contribution is 0.272. The predicted molar refractivity (Wildman–Crippen MR) is 61.4 cm³/mol. The van der Waals surface area contributed by atoms with Gasteiger partial charge in [-0.3, -0.25) is 0 Å². The Hall–Kier alpha value is -0.620. The molecular weight excluding hydrogens is 211 g/mol. The third kappa shape index (κ3) is 7.33. The molecule has 0 aliphatic carbocycles. The number of hydrogen-bond acceptors (Lipinski definition) is 2. The number of allylic oxidation sites excluding steroid dienone is 1. The van der Waals surface area contributed by atoms with Gasteiger partial charge in [0.05, 0.1) is 0 Å². The van der Waals surface area contributed by atoms with Crippen molar-refractivity contribution in [3.05, 3.63) is 17.6 Å². The molecule has 3 nitrogen and oxygen atoms in total. The second kappa shape index (κ2) is 4.94. The van der Waals surface area contributed by atoms with E-state index in [0.717, 1.165) is 0 Å². The third-order valence-electron chi connectivity index (χ3n) is 1.49. The number of rotatable bonds is 2. The fraction of sp³-hybridized carbons (Fsp3) is 0.727. The lowest BCUT2D eigenvalue weighted by Crippen LogP contribution is -2.10. The Morgan fingerprint density at radius 3 is 2.00 bits per heavy atom. The largest absolute Gasteiger partial charge is 0.747 e. The quantitative estimate of drug-likeness (QED) is 0.447. The van der Waals surface area contributed by atoms with Crippen molar-refractivity contribution in [3.63, 3.8) is 0 Å². The molecule has 0 aromatic rings. The van der Waals surface area contributed by atoms with E-state index in [1.807, 2.05) is 47.6 Å². The topological polar surface area (TPSA) is 46.5 Å². The van der Waals surface area contributed by atoms with Crippen LogP contribution < -0.4 is 0 Å². The second-order valence-electron chi connectivity index (χ2n) is 5.56. The zero-order valence-corrected chi connectivity index (χ0v) is 11.2. The summed E-state index contributed by atoms with van der Waals surface area (Å²) in [6.45, 7) is 11.8. The van der Waals surface area contributed by atoms with E-state index in [1.54, 1.807) is 0 Å². The summed E-state index contributed by atoms with van der Waals surface area (Å²) in [6.07, 6.45) is 1.84. The molecule has 0 aromatic heterocycles. The molecular formula is C11H20O3P+. The number of hydrogen-bond donors (Lipinski definition) is 1. The maximum Gasteiger partial charge on any atom is 0.747 e. The summed E-state index contributed by atoms with van der Waals surface area (Å²) in [5, 5.41) is 0. The van der Waals surface area contributed by atoms with Crippen molar-refractivity contribution in [2.45, 2.75) is 41.5 Å². The van der Waals surface area contributed by atoms with Crippen LogP contribution in [0.2, 0.25) is 0 Å². The van der Waals surface area contributed by atoms with Gasteiger partial charge in [-0.05, 0) is 11.5 Å². The third-order valence-corrected chi connectivity index (χ3v) is 1.83. The van der Waals surface area contributed by atoms with Crippen LogP contribution in [0.25, 0.3) is 0 Å². The first-order valence-corrected chi connectivity index (χ1v) is 5.98. The standard InChI is InChI=1S/C11H19O3P/c1-10(2,3)8-7-9(11(4,5)6)14-15(12)13/h8H,1-6H3/p+1. The SMILES string of the molecule is CC(C)(C)C=C=C(O[P+](=O)O)C(C)(C)C. The van der Waals surface area contributed by atoms with Gasteiger partial charge in [0, 0.05) is 9.98 Å². The average molecular weight is 231 g/mol. The normalized spacial score (nSPS) is 12.9. The molecule has 0 saturated heterocycles. The summed E-state index contributed by atoms with van der Waals surface area (Å²) >= 11 is 0. The van der Waals surface area contributed by atoms with Gasteiger partial charge >= 0.3 is 8.25 Å². The van der Waals surface area contributed by atoms with Crippen molar-refractivity contribution in [2.24, 2.45) is 10.8 Å². The molecule has 4 heteroatoms. The van der Waals surface area contributed by atoms with Crippen LogP contribution in [0.15, 0.2) is 17.6 Å². The summed E-state index contributed by atoms with van der Waals surface area (Å²) in [4.78, 5) is 8.73. The zero-order chi connectivity index (χ0) is 12.3. The minimum atomic E-state index is -2.62. The molecule has 0 aromatic carbocycles. The van der Waals surface area contributed by atoms with Crippen LogP contribution in [-0.2, 0) is 9.09 Å². The molecule has 0 spiro atoms. The summed E-state index contributed by atoms with van der Waals surface area (Å²) in [5.41, 5.74) is 2.61. The van der Waals surface area contributed by atoms with Crippen LogP contribution in [0, 0.1) is 10.8 Å². The Kier molecular flexibility index (Phi) is 4.73. The maximum atomic E-state index is 10.6. The van der Waals surface area contributed by atoms with Gasteiger partial charge in [0.25, 0.3) is 0 Å². The molecule has 0 radical (unpaired) electrons. The maximum absolute atomic E-state index is 10.6. The highest BCUT2D eigenvalue weighted by Gasteiger charge is 2.27. The lowest BCUT2D eigenvalue weighted by atomic mass is 9.92. The van der Waals surface area contributed by atoms with E-state index in [4.69, 9.17) is 9.42 Å². The fourth-order valence-electron chi connectivity index (χ4n) is 0.740. The highest BCUT2D eigenvalue weighted by molar-refractivity contribution is 7.32.